The Hall–Kier alpha value is -3.20. The van der Waals surface area contributed by atoms with Crippen LogP contribution in [-0.4, -0.2) is 30.8 Å². The van der Waals surface area contributed by atoms with E-state index in [1.54, 1.807) is 36.7 Å². The van der Waals surface area contributed by atoms with Crippen molar-refractivity contribution < 1.29 is 14.3 Å². The average Bonchev–Trinajstić information content (AvgIpc) is 2.67. The van der Waals surface area contributed by atoms with E-state index in [0.717, 1.165) is 18.6 Å². The fourth-order valence-electron chi connectivity index (χ4n) is 1.93. The fraction of sp³-hybridized carbons (Fsp3) is 0.300. The molecule has 6 heteroatoms. The fourth-order valence-corrected chi connectivity index (χ4v) is 1.93. The van der Waals surface area contributed by atoms with Crippen LogP contribution in [0.15, 0.2) is 48.8 Å². The molecular weight excluding hydrogens is 330 g/mol. The minimum atomic E-state index is -0.313. The number of ether oxygens (including phenoxy) is 2. The van der Waals surface area contributed by atoms with Gasteiger partial charge in [0, 0.05) is 11.9 Å². The van der Waals surface area contributed by atoms with E-state index in [-0.39, 0.29) is 19.2 Å². The van der Waals surface area contributed by atoms with Crippen molar-refractivity contribution in [3.63, 3.8) is 0 Å². The van der Waals surface area contributed by atoms with Crippen molar-refractivity contribution in [2.24, 2.45) is 0 Å². The van der Waals surface area contributed by atoms with Crippen LogP contribution in [0.3, 0.4) is 0 Å². The van der Waals surface area contributed by atoms with E-state index in [2.05, 4.69) is 34.4 Å². The molecule has 0 saturated heterocycles. The number of nitrogens with one attached hydrogen (secondary N) is 2. The summed E-state index contributed by atoms with van der Waals surface area (Å²) in [4.78, 5) is 15.7. The minimum Gasteiger partial charge on any atom is -0.494 e. The summed E-state index contributed by atoms with van der Waals surface area (Å²) >= 11 is 0. The molecule has 0 saturated carbocycles. The summed E-state index contributed by atoms with van der Waals surface area (Å²) < 4.78 is 11.0. The van der Waals surface area contributed by atoms with E-state index in [0.29, 0.717) is 18.0 Å². The van der Waals surface area contributed by atoms with Crippen molar-refractivity contribution in [3.05, 3.63) is 48.8 Å². The summed E-state index contributed by atoms with van der Waals surface area (Å²) in [7, 11) is 0. The number of carbonyl (C=O) groups excluding carboxylic acids is 1. The normalized spacial score (nSPS) is 9.58. The van der Waals surface area contributed by atoms with Crippen LogP contribution in [0.5, 0.6) is 11.5 Å². The van der Waals surface area contributed by atoms with Gasteiger partial charge in [-0.2, -0.15) is 0 Å². The molecular formula is C20H23N3O3. The van der Waals surface area contributed by atoms with Crippen LogP contribution in [0.4, 0.5) is 10.5 Å². The first-order valence-electron chi connectivity index (χ1n) is 8.54. The van der Waals surface area contributed by atoms with Crippen molar-refractivity contribution in [1.82, 2.24) is 10.3 Å². The molecule has 0 aliphatic rings. The molecule has 26 heavy (non-hydrogen) atoms. The zero-order valence-corrected chi connectivity index (χ0v) is 14.8. The van der Waals surface area contributed by atoms with Crippen molar-refractivity contribution in [1.29, 1.82) is 0 Å². The first kappa shape index (κ1) is 19.1. The highest BCUT2D eigenvalue weighted by Crippen LogP contribution is 2.15. The maximum atomic E-state index is 11.8. The Bertz CT molecular complexity index is 721. The van der Waals surface area contributed by atoms with Gasteiger partial charge in [0.2, 0.25) is 0 Å². The lowest BCUT2D eigenvalue weighted by Crippen LogP contribution is -2.28. The molecule has 0 spiro atoms. The van der Waals surface area contributed by atoms with Gasteiger partial charge in [0.25, 0.3) is 0 Å². The van der Waals surface area contributed by atoms with E-state index < -0.39 is 0 Å². The van der Waals surface area contributed by atoms with Gasteiger partial charge >= 0.3 is 6.03 Å². The summed E-state index contributed by atoms with van der Waals surface area (Å²) in [6.07, 6.45) is 5.41. The van der Waals surface area contributed by atoms with E-state index in [4.69, 9.17) is 9.47 Å². The second kappa shape index (κ2) is 11.4. The number of urea groups is 1. The number of hydrogen-bond acceptors (Lipinski definition) is 4. The molecule has 2 aromatic rings. The zero-order chi connectivity index (χ0) is 18.5. The minimum absolute atomic E-state index is 0.237. The summed E-state index contributed by atoms with van der Waals surface area (Å²) in [5.41, 5.74) is 0.693. The van der Waals surface area contributed by atoms with Crippen molar-refractivity contribution in [2.45, 2.75) is 19.8 Å². The number of pyridine rings is 1. The summed E-state index contributed by atoms with van der Waals surface area (Å²) in [6.45, 7) is 3.30. The van der Waals surface area contributed by atoms with Crippen LogP contribution in [0.2, 0.25) is 0 Å². The largest absolute Gasteiger partial charge is 0.494 e. The molecule has 2 amide bonds. The molecule has 1 aromatic heterocycles. The van der Waals surface area contributed by atoms with Crippen molar-refractivity contribution in [3.8, 4) is 23.3 Å². The van der Waals surface area contributed by atoms with Gasteiger partial charge in [0.15, 0.2) is 0 Å². The molecule has 2 rings (SSSR count). The maximum Gasteiger partial charge on any atom is 0.319 e. The number of rotatable bonds is 8. The molecule has 0 bridgehead atoms. The van der Waals surface area contributed by atoms with Crippen molar-refractivity contribution >= 4 is 11.7 Å². The molecule has 1 aromatic carbocycles. The smallest absolute Gasteiger partial charge is 0.319 e. The highest BCUT2D eigenvalue weighted by atomic mass is 16.5. The molecule has 0 radical (unpaired) electrons. The number of amides is 2. The van der Waals surface area contributed by atoms with E-state index in [9.17, 15) is 4.79 Å². The Morgan fingerprint density at radius 1 is 1.12 bits per heavy atom. The lowest BCUT2D eigenvalue weighted by atomic mass is 10.3. The van der Waals surface area contributed by atoms with Gasteiger partial charge in [-0.25, -0.2) is 4.79 Å². The third-order valence-corrected chi connectivity index (χ3v) is 3.29. The van der Waals surface area contributed by atoms with Crippen LogP contribution in [0, 0.1) is 11.8 Å². The molecule has 6 nitrogen and oxygen atoms in total. The maximum absolute atomic E-state index is 11.8. The van der Waals surface area contributed by atoms with Crippen LogP contribution >= 0.6 is 0 Å². The van der Waals surface area contributed by atoms with Gasteiger partial charge in [-0.1, -0.05) is 25.2 Å². The van der Waals surface area contributed by atoms with Crippen LogP contribution < -0.4 is 20.1 Å². The molecule has 2 N–H and O–H groups in total. The molecule has 0 fully saturated rings. The molecule has 1 heterocycles. The zero-order valence-electron chi connectivity index (χ0n) is 14.8. The Balaban J connectivity index is 1.63. The van der Waals surface area contributed by atoms with E-state index >= 15 is 0 Å². The SMILES string of the molecule is CCCCOc1ccc(NC(=O)NCC#CCOc2cccnc2)cc1. The molecule has 0 aliphatic heterocycles. The summed E-state index contributed by atoms with van der Waals surface area (Å²) in [5.74, 6) is 7.11. The lowest BCUT2D eigenvalue weighted by molar-refractivity contribution is 0.253. The quantitative estimate of drug-likeness (QED) is 0.563. The van der Waals surface area contributed by atoms with Crippen LogP contribution in [-0.2, 0) is 0 Å². The third-order valence-electron chi connectivity index (χ3n) is 3.29. The van der Waals surface area contributed by atoms with Gasteiger partial charge in [0.1, 0.15) is 18.1 Å². The molecule has 0 unspecified atom stereocenters. The summed E-state index contributed by atoms with van der Waals surface area (Å²) in [6, 6.07) is 10.6. The predicted octanol–water partition coefficient (Wildman–Crippen LogP) is 3.46. The average molecular weight is 353 g/mol. The van der Waals surface area contributed by atoms with Crippen molar-refractivity contribution in [2.75, 3.05) is 25.1 Å². The standard InChI is InChI=1S/C20H23N3O3/c1-2-3-14-25-18-10-8-17(9-11-18)23-20(24)22-13-4-5-15-26-19-7-6-12-21-16-19/h6-12,16H,2-3,13-15H2,1H3,(H2,22,23,24). The highest BCUT2D eigenvalue weighted by molar-refractivity contribution is 5.89. The first-order valence-corrected chi connectivity index (χ1v) is 8.54. The predicted molar refractivity (Wildman–Crippen MR) is 101 cm³/mol. The number of carbonyl (C=O) groups is 1. The second-order valence-electron chi connectivity index (χ2n) is 5.37. The van der Waals surface area contributed by atoms with Crippen LogP contribution in [0.25, 0.3) is 0 Å². The number of aromatic nitrogens is 1. The van der Waals surface area contributed by atoms with E-state index in [1.165, 1.54) is 0 Å². The van der Waals surface area contributed by atoms with Gasteiger partial charge in [-0.05, 0) is 42.8 Å². The first-order chi connectivity index (χ1) is 12.8. The number of benzene rings is 1. The second-order valence-corrected chi connectivity index (χ2v) is 5.37. The highest BCUT2D eigenvalue weighted by Gasteiger charge is 2.00. The van der Waals surface area contributed by atoms with Gasteiger partial charge in [-0.15, -0.1) is 0 Å². The molecule has 0 aliphatic carbocycles. The Kier molecular flexibility index (Phi) is 8.37. The van der Waals surface area contributed by atoms with Crippen LogP contribution in [0.1, 0.15) is 19.8 Å². The molecule has 0 atom stereocenters. The van der Waals surface area contributed by atoms with E-state index in [1.807, 2.05) is 12.1 Å². The Morgan fingerprint density at radius 3 is 2.69 bits per heavy atom. The lowest BCUT2D eigenvalue weighted by Gasteiger charge is -2.08. The number of nitrogens with zero attached hydrogens (tertiary/aromatic N) is 1. The van der Waals surface area contributed by atoms with Gasteiger partial charge in [0.05, 0.1) is 19.3 Å². The third kappa shape index (κ3) is 7.58. The summed E-state index contributed by atoms with van der Waals surface area (Å²) in [5, 5.41) is 5.40. The Labute approximate surface area is 153 Å². The molecule has 136 valence electrons. The Morgan fingerprint density at radius 2 is 1.96 bits per heavy atom. The topological polar surface area (TPSA) is 72.5 Å². The monoisotopic (exact) mass is 353 g/mol. The van der Waals surface area contributed by atoms with Gasteiger partial charge < -0.3 is 20.1 Å². The number of hydrogen-bond donors (Lipinski definition) is 2. The van der Waals surface area contributed by atoms with Gasteiger partial charge in [-0.3, -0.25) is 4.98 Å². The number of anilines is 1. The number of unbranched alkanes of at least 4 members (excludes halogenated alkanes) is 1.